The zero-order valence-corrected chi connectivity index (χ0v) is 19.2. The summed E-state index contributed by atoms with van der Waals surface area (Å²) in [6.45, 7) is 13.0. The van der Waals surface area contributed by atoms with Gasteiger partial charge in [-0.1, -0.05) is 25.1 Å². The van der Waals surface area contributed by atoms with Crippen LogP contribution in [-0.2, 0) is 15.9 Å². The topological polar surface area (TPSA) is 93.9 Å². The molecule has 1 aliphatic heterocycles. The van der Waals surface area contributed by atoms with E-state index in [9.17, 15) is 9.59 Å². The zero-order valence-electron chi connectivity index (χ0n) is 19.2. The molecule has 2 aliphatic rings. The van der Waals surface area contributed by atoms with Gasteiger partial charge in [0, 0.05) is 17.9 Å². The van der Waals surface area contributed by atoms with E-state index in [1.54, 1.807) is 4.90 Å². The number of benzene rings is 1. The summed E-state index contributed by atoms with van der Waals surface area (Å²) < 4.78 is 11.2. The highest BCUT2D eigenvalue weighted by atomic mass is 16.6. The molecule has 1 aliphatic carbocycles. The van der Waals surface area contributed by atoms with Crippen molar-refractivity contribution >= 4 is 17.9 Å². The fourth-order valence-corrected chi connectivity index (χ4v) is 4.20. The molecular formula is C23H35N3O4. The molecule has 2 amide bonds. The minimum atomic E-state index is -1.03. The van der Waals surface area contributed by atoms with Crippen LogP contribution in [-0.4, -0.2) is 34.6 Å². The van der Waals surface area contributed by atoms with Crippen molar-refractivity contribution in [1.82, 2.24) is 5.32 Å². The average molecular weight is 418 g/mol. The van der Waals surface area contributed by atoms with Crippen LogP contribution in [0.25, 0.3) is 0 Å². The Kier molecular flexibility index (Phi) is 5.34. The van der Waals surface area contributed by atoms with E-state index in [2.05, 4.69) is 5.32 Å². The molecule has 166 valence electrons. The molecule has 1 fully saturated rings. The molecule has 1 aromatic rings. The Morgan fingerprint density at radius 1 is 1.07 bits per heavy atom. The number of para-hydroxylation sites is 1. The van der Waals surface area contributed by atoms with E-state index in [1.807, 2.05) is 72.7 Å². The van der Waals surface area contributed by atoms with E-state index in [4.69, 9.17) is 15.2 Å². The average Bonchev–Trinajstić information content (AvgIpc) is 3.25. The van der Waals surface area contributed by atoms with Gasteiger partial charge in [-0.05, 0) is 66.0 Å². The molecule has 1 heterocycles. The number of hydrogen-bond donors (Lipinski definition) is 2. The maximum Gasteiger partial charge on any atom is 0.416 e. The Bertz CT molecular complexity index is 836. The lowest BCUT2D eigenvalue weighted by Gasteiger charge is -2.44. The number of nitrogens with zero attached hydrogens (tertiary/aromatic N) is 1. The first-order valence-electron chi connectivity index (χ1n) is 10.6. The number of hydrogen-bond acceptors (Lipinski definition) is 5. The molecule has 2 unspecified atom stereocenters. The quantitative estimate of drug-likeness (QED) is 0.763. The summed E-state index contributed by atoms with van der Waals surface area (Å²) in [4.78, 5) is 27.3. The second-order valence-corrected chi connectivity index (χ2v) is 10.6. The van der Waals surface area contributed by atoms with Crippen molar-refractivity contribution in [2.24, 2.45) is 11.7 Å². The lowest BCUT2D eigenvalue weighted by molar-refractivity contribution is 0.0430. The Hall–Kier alpha value is -2.28. The van der Waals surface area contributed by atoms with Crippen LogP contribution in [0.3, 0.4) is 0 Å². The molecule has 0 spiro atoms. The van der Waals surface area contributed by atoms with Crippen molar-refractivity contribution in [2.75, 3.05) is 4.90 Å². The largest absolute Gasteiger partial charge is 0.444 e. The van der Waals surface area contributed by atoms with Crippen LogP contribution in [0, 0.1) is 5.92 Å². The van der Waals surface area contributed by atoms with Gasteiger partial charge in [0.1, 0.15) is 16.9 Å². The van der Waals surface area contributed by atoms with E-state index < -0.39 is 34.6 Å². The number of rotatable bonds is 3. The number of carbonyl (C=O) groups excluding carboxylic acids is 2. The molecule has 2 atom stereocenters. The van der Waals surface area contributed by atoms with Gasteiger partial charge in [-0.3, -0.25) is 4.90 Å². The highest BCUT2D eigenvalue weighted by Crippen LogP contribution is 2.51. The summed E-state index contributed by atoms with van der Waals surface area (Å²) in [7, 11) is 0. The number of fused-ring (bicyclic) bond motifs is 1. The van der Waals surface area contributed by atoms with Crippen molar-refractivity contribution < 1.29 is 19.1 Å². The van der Waals surface area contributed by atoms with Crippen LogP contribution in [0.1, 0.15) is 66.9 Å². The summed E-state index contributed by atoms with van der Waals surface area (Å²) in [5, 5.41) is 3.04. The molecule has 0 saturated heterocycles. The highest BCUT2D eigenvalue weighted by Gasteiger charge is 2.60. The molecule has 0 radical (unpaired) electrons. The number of nitrogens with two attached hydrogens (primary N) is 1. The maximum atomic E-state index is 13.2. The molecule has 3 N–H and O–H groups in total. The predicted octanol–water partition coefficient (Wildman–Crippen LogP) is 4.33. The number of anilines is 1. The second-order valence-electron chi connectivity index (χ2n) is 10.6. The third kappa shape index (κ3) is 4.41. The van der Waals surface area contributed by atoms with E-state index >= 15 is 0 Å². The lowest BCUT2D eigenvalue weighted by atomic mass is 9.83. The molecule has 7 heteroatoms. The molecule has 1 aromatic carbocycles. The molecule has 30 heavy (non-hydrogen) atoms. The summed E-state index contributed by atoms with van der Waals surface area (Å²) in [6.07, 6.45) is 1.11. The molecule has 1 saturated carbocycles. The summed E-state index contributed by atoms with van der Waals surface area (Å²) >= 11 is 0. The third-order valence-corrected chi connectivity index (χ3v) is 5.82. The van der Waals surface area contributed by atoms with Crippen LogP contribution in [0.4, 0.5) is 15.3 Å². The van der Waals surface area contributed by atoms with Crippen LogP contribution < -0.4 is 16.0 Å². The standard InChI is InChI=1S/C23H35N3O4/c1-15(22(12-13-22)25-18(27)29-20(2,3)4)23(24)14-16-10-8-9-11-17(16)26(23)19(28)30-21(5,6)7/h8-11,15H,12-14,24H2,1-7H3,(H,25,27). The van der Waals surface area contributed by atoms with Crippen LogP contribution >= 0.6 is 0 Å². The van der Waals surface area contributed by atoms with Crippen molar-refractivity contribution in [2.45, 2.75) is 90.1 Å². The Morgan fingerprint density at radius 3 is 2.17 bits per heavy atom. The van der Waals surface area contributed by atoms with Crippen molar-refractivity contribution in [3.8, 4) is 0 Å². The fourth-order valence-electron chi connectivity index (χ4n) is 4.20. The van der Waals surface area contributed by atoms with Crippen molar-refractivity contribution in [3.63, 3.8) is 0 Å². The molecule has 3 rings (SSSR count). The molecule has 0 bridgehead atoms. The maximum absolute atomic E-state index is 13.2. The monoisotopic (exact) mass is 417 g/mol. The minimum Gasteiger partial charge on any atom is -0.444 e. The first-order valence-corrected chi connectivity index (χ1v) is 10.6. The summed E-state index contributed by atoms with van der Waals surface area (Å²) in [5.74, 6) is -0.225. The van der Waals surface area contributed by atoms with Crippen molar-refractivity contribution in [1.29, 1.82) is 0 Å². The van der Waals surface area contributed by atoms with Gasteiger partial charge < -0.3 is 20.5 Å². The summed E-state index contributed by atoms with van der Waals surface area (Å²) in [5.41, 5.74) is 5.95. The van der Waals surface area contributed by atoms with Gasteiger partial charge in [0.25, 0.3) is 0 Å². The molecular weight excluding hydrogens is 382 g/mol. The normalized spacial score (nSPS) is 23.4. The van der Waals surface area contributed by atoms with Crippen LogP contribution in [0.15, 0.2) is 24.3 Å². The van der Waals surface area contributed by atoms with Gasteiger partial charge in [-0.15, -0.1) is 0 Å². The van der Waals surface area contributed by atoms with Gasteiger partial charge >= 0.3 is 12.2 Å². The second kappa shape index (κ2) is 7.15. The Labute approximate surface area is 179 Å². The third-order valence-electron chi connectivity index (χ3n) is 5.82. The number of alkyl carbamates (subject to hydrolysis) is 1. The first-order chi connectivity index (χ1) is 13.7. The number of carbonyl (C=O) groups is 2. The number of ether oxygens (including phenoxy) is 2. The Balaban J connectivity index is 1.90. The zero-order chi connectivity index (χ0) is 22.5. The SMILES string of the molecule is CC(C1(NC(=O)OC(C)(C)C)CC1)C1(N)Cc2ccccc2N1C(=O)OC(C)(C)C. The van der Waals surface area contributed by atoms with Gasteiger partial charge in [-0.25, -0.2) is 9.59 Å². The van der Waals surface area contributed by atoms with Gasteiger partial charge in [0.2, 0.25) is 0 Å². The van der Waals surface area contributed by atoms with Crippen LogP contribution in [0.2, 0.25) is 0 Å². The summed E-state index contributed by atoms with van der Waals surface area (Å²) in [6, 6.07) is 7.70. The molecule has 0 aromatic heterocycles. The van der Waals surface area contributed by atoms with E-state index in [0.29, 0.717) is 6.42 Å². The number of amides is 2. The van der Waals surface area contributed by atoms with Gasteiger partial charge in [0.15, 0.2) is 0 Å². The predicted molar refractivity (Wildman–Crippen MR) is 116 cm³/mol. The van der Waals surface area contributed by atoms with E-state index in [0.717, 1.165) is 24.1 Å². The van der Waals surface area contributed by atoms with Gasteiger partial charge in [0.05, 0.1) is 5.69 Å². The van der Waals surface area contributed by atoms with Crippen molar-refractivity contribution in [3.05, 3.63) is 29.8 Å². The minimum absolute atomic E-state index is 0.225. The lowest BCUT2D eigenvalue weighted by Crippen LogP contribution is -2.66. The first kappa shape index (κ1) is 22.4. The van der Waals surface area contributed by atoms with Crippen LogP contribution in [0.5, 0.6) is 0 Å². The van der Waals surface area contributed by atoms with Gasteiger partial charge in [-0.2, -0.15) is 0 Å². The van der Waals surface area contributed by atoms with E-state index in [1.165, 1.54) is 0 Å². The smallest absolute Gasteiger partial charge is 0.416 e. The molecule has 7 nitrogen and oxygen atoms in total. The van der Waals surface area contributed by atoms with E-state index in [-0.39, 0.29) is 5.92 Å². The highest BCUT2D eigenvalue weighted by molar-refractivity contribution is 5.92. The Morgan fingerprint density at radius 2 is 1.63 bits per heavy atom. The number of nitrogens with one attached hydrogen (secondary N) is 1. The fraction of sp³-hybridized carbons (Fsp3) is 0.652.